The highest BCUT2D eigenvalue weighted by molar-refractivity contribution is 6.76. The predicted molar refractivity (Wildman–Crippen MR) is 104 cm³/mol. The molecule has 158 valence electrons. The minimum atomic E-state index is -4.88. The Morgan fingerprint density at radius 2 is 1.90 bits per heavy atom. The third-order valence-electron chi connectivity index (χ3n) is 3.94. The molecule has 1 aromatic heterocycles. The highest BCUT2D eigenvalue weighted by atomic mass is 28.3. The molecule has 0 unspecified atom stereocenters. The van der Waals surface area contributed by atoms with E-state index in [0.717, 1.165) is 35.0 Å². The van der Waals surface area contributed by atoms with Crippen LogP contribution >= 0.6 is 0 Å². The van der Waals surface area contributed by atoms with Crippen LogP contribution in [-0.4, -0.2) is 36.7 Å². The van der Waals surface area contributed by atoms with E-state index >= 15 is 0 Å². The fourth-order valence-electron chi connectivity index (χ4n) is 2.46. The lowest BCUT2D eigenvalue weighted by Gasteiger charge is -2.16. The van der Waals surface area contributed by atoms with Crippen molar-refractivity contribution in [2.75, 3.05) is 6.61 Å². The van der Waals surface area contributed by atoms with Gasteiger partial charge in [0.05, 0.1) is 5.56 Å². The minimum absolute atomic E-state index is 0.0636. The Hall–Kier alpha value is -2.59. The first-order valence-electron chi connectivity index (χ1n) is 8.77. The van der Waals surface area contributed by atoms with Gasteiger partial charge in [0.15, 0.2) is 0 Å². The highest BCUT2D eigenvalue weighted by Crippen LogP contribution is 2.27. The van der Waals surface area contributed by atoms with Gasteiger partial charge < -0.3 is 14.6 Å². The normalized spacial score (nSPS) is 12.1. The van der Waals surface area contributed by atoms with Gasteiger partial charge in [0.25, 0.3) is 5.56 Å². The second-order valence-corrected chi connectivity index (χ2v) is 13.3. The molecule has 0 atom stereocenters. The Morgan fingerprint density at radius 1 is 1.21 bits per heavy atom. The van der Waals surface area contributed by atoms with Crippen molar-refractivity contribution >= 4 is 14.0 Å². The summed E-state index contributed by atoms with van der Waals surface area (Å²) in [4.78, 5) is 24.2. The Morgan fingerprint density at radius 3 is 2.48 bits per heavy atom. The van der Waals surface area contributed by atoms with Gasteiger partial charge in [-0.15, -0.1) is 13.2 Å². The Bertz CT molecular complexity index is 935. The van der Waals surface area contributed by atoms with Crippen molar-refractivity contribution in [1.82, 2.24) is 4.57 Å². The maximum atomic E-state index is 12.8. The first-order chi connectivity index (χ1) is 13.4. The fourth-order valence-corrected chi connectivity index (χ4v) is 3.21. The summed E-state index contributed by atoms with van der Waals surface area (Å²) in [7, 11) is -1.34. The summed E-state index contributed by atoms with van der Waals surface area (Å²) in [5.74, 6) is -1.78. The third kappa shape index (κ3) is 7.06. The highest BCUT2D eigenvalue weighted by Gasteiger charge is 2.31. The molecule has 0 aliphatic rings. The van der Waals surface area contributed by atoms with Gasteiger partial charge in [0.2, 0.25) is 0 Å². The van der Waals surface area contributed by atoms with E-state index < -0.39 is 31.7 Å². The quantitative estimate of drug-likeness (QED) is 0.496. The molecule has 0 fully saturated rings. The van der Waals surface area contributed by atoms with Crippen LogP contribution in [0.4, 0.5) is 13.2 Å². The van der Waals surface area contributed by atoms with E-state index in [1.807, 2.05) is 0 Å². The van der Waals surface area contributed by atoms with Crippen LogP contribution < -0.4 is 10.3 Å². The minimum Gasteiger partial charge on any atom is -0.478 e. The largest absolute Gasteiger partial charge is 0.573 e. The molecule has 0 saturated heterocycles. The number of alkyl halides is 3. The van der Waals surface area contributed by atoms with E-state index in [1.54, 1.807) is 0 Å². The van der Waals surface area contributed by atoms with E-state index in [-0.39, 0.29) is 23.4 Å². The van der Waals surface area contributed by atoms with Crippen LogP contribution in [0, 0.1) is 0 Å². The van der Waals surface area contributed by atoms with Gasteiger partial charge in [-0.25, -0.2) is 4.79 Å². The number of hydrogen-bond acceptors (Lipinski definition) is 4. The fraction of sp³-hybridized carbons (Fsp3) is 0.368. The Kier molecular flexibility index (Phi) is 6.91. The van der Waals surface area contributed by atoms with E-state index in [9.17, 15) is 27.9 Å². The van der Waals surface area contributed by atoms with Crippen LogP contribution in [-0.2, 0) is 11.5 Å². The molecule has 1 N–H and O–H groups in total. The van der Waals surface area contributed by atoms with Crippen LogP contribution in [0.15, 0.2) is 41.3 Å². The summed E-state index contributed by atoms with van der Waals surface area (Å²) in [6, 6.07) is 6.81. The van der Waals surface area contributed by atoms with Gasteiger partial charge in [-0.2, -0.15) is 0 Å². The van der Waals surface area contributed by atoms with Crippen molar-refractivity contribution in [2.24, 2.45) is 0 Å². The average molecular weight is 429 g/mol. The van der Waals surface area contributed by atoms with Crippen LogP contribution in [0.3, 0.4) is 0 Å². The molecule has 6 nitrogen and oxygen atoms in total. The zero-order valence-electron chi connectivity index (χ0n) is 16.2. The summed E-state index contributed by atoms with van der Waals surface area (Å²) in [6.07, 6.45) is -3.73. The molecule has 0 aliphatic carbocycles. The molecule has 0 bridgehead atoms. The smallest absolute Gasteiger partial charge is 0.478 e. The van der Waals surface area contributed by atoms with Crippen LogP contribution in [0.1, 0.15) is 10.4 Å². The number of ether oxygens (including phenoxy) is 2. The van der Waals surface area contributed by atoms with Gasteiger partial charge in [0.1, 0.15) is 12.5 Å². The standard InChI is InChI=1S/C19H22F3NO5Si/c1-29(2,3)8-7-27-12-23-11-14(18(25)26)10-16(17(23)24)13-5-4-6-15(9-13)28-19(20,21)22/h4-6,9-11H,7-8,12H2,1-3H3,(H,25,26). The number of halogens is 3. The number of benzene rings is 1. The summed E-state index contributed by atoms with van der Waals surface area (Å²) in [6.45, 7) is 6.77. The zero-order chi connectivity index (χ0) is 21.8. The Balaban J connectivity index is 2.37. The number of carbonyl (C=O) groups is 1. The van der Waals surface area contributed by atoms with Gasteiger partial charge in [-0.3, -0.25) is 9.36 Å². The maximum absolute atomic E-state index is 12.8. The lowest BCUT2D eigenvalue weighted by Crippen LogP contribution is -2.26. The molecule has 2 aromatic rings. The van der Waals surface area contributed by atoms with Crippen molar-refractivity contribution in [1.29, 1.82) is 0 Å². The first kappa shape index (κ1) is 22.7. The number of rotatable bonds is 8. The van der Waals surface area contributed by atoms with E-state index in [0.29, 0.717) is 6.61 Å². The summed E-state index contributed by atoms with van der Waals surface area (Å²) >= 11 is 0. The lowest BCUT2D eigenvalue weighted by atomic mass is 10.1. The molecule has 29 heavy (non-hydrogen) atoms. The summed E-state index contributed by atoms with van der Waals surface area (Å²) in [5.41, 5.74) is -0.718. The topological polar surface area (TPSA) is 77.8 Å². The van der Waals surface area contributed by atoms with Gasteiger partial charge in [0, 0.05) is 26.4 Å². The molecule has 0 spiro atoms. The lowest BCUT2D eigenvalue weighted by molar-refractivity contribution is -0.274. The monoisotopic (exact) mass is 429 g/mol. The van der Waals surface area contributed by atoms with Crippen LogP contribution in [0.2, 0.25) is 25.7 Å². The van der Waals surface area contributed by atoms with E-state index in [2.05, 4.69) is 24.4 Å². The molecule has 0 amide bonds. The molecule has 0 aliphatic heterocycles. The second-order valence-electron chi connectivity index (χ2n) is 7.65. The number of pyridine rings is 1. The van der Waals surface area contributed by atoms with E-state index in [4.69, 9.17) is 4.74 Å². The molecule has 10 heteroatoms. The van der Waals surface area contributed by atoms with Crippen molar-refractivity contribution in [3.8, 4) is 16.9 Å². The molecule has 2 rings (SSSR count). The summed E-state index contributed by atoms with van der Waals surface area (Å²) < 4.78 is 47.9. The number of carboxylic acid groups (broad SMARTS) is 1. The third-order valence-corrected chi connectivity index (χ3v) is 5.64. The summed E-state index contributed by atoms with van der Waals surface area (Å²) in [5, 5.41) is 9.33. The van der Waals surface area contributed by atoms with Crippen LogP contribution in [0.5, 0.6) is 5.75 Å². The van der Waals surface area contributed by atoms with Crippen molar-refractivity contribution in [3.63, 3.8) is 0 Å². The SMILES string of the molecule is C[Si](C)(C)CCOCn1cc(C(=O)O)cc(-c2cccc(OC(F)(F)F)c2)c1=O. The number of hydrogen-bond donors (Lipinski definition) is 1. The number of carboxylic acids is 1. The molecule has 0 radical (unpaired) electrons. The first-order valence-corrected chi connectivity index (χ1v) is 12.5. The molecular weight excluding hydrogens is 407 g/mol. The van der Waals surface area contributed by atoms with Crippen molar-refractivity contribution in [3.05, 3.63) is 52.4 Å². The predicted octanol–water partition coefficient (Wildman–Crippen LogP) is 4.42. The zero-order valence-corrected chi connectivity index (χ0v) is 17.2. The van der Waals surface area contributed by atoms with Gasteiger partial charge in [-0.1, -0.05) is 31.8 Å². The number of aromatic carboxylic acids is 1. The molecular formula is C19H22F3NO5Si. The van der Waals surface area contributed by atoms with Crippen LogP contribution in [0.25, 0.3) is 11.1 Å². The average Bonchev–Trinajstić information content (AvgIpc) is 2.57. The number of nitrogens with zero attached hydrogens (tertiary/aromatic N) is 1. The molecule has 0 saturated carbocycles. The second kappa shape index (κ2) is 8.83. The van der Waals surface area contributed by atoms with Crippen molar-refractivity contribution < 1.29 is 32.5 Å². The molecule has 1 heterocycles. The van der Waals surface area contributed by atoms with Crippen molar-refractivity contribution in [2.45, 2.75) is 38.8 Å². The molecule has 1 aromatic carbocycles. The Labute approximate surface area is 166 Å². The van der Waals surface area contributed by atoms with E-state index in [1.165, 1.54) is 12.1 Å². The van der Waals surface area contributed by atoms with Gasteiger partial charge in [-0.05, 0) is 29.8 Å². The maximum Gasteiger partial charge on any atom is 0.573 e. The number of aromatic nitrogens is 1. The van der Waals surface area contributed by atoms with Gasteiger partial charge >= 0.3 is 12.3 Å².